The van der Waals surface area contributed by atoms with E-state index in [4.69, 9.17) is 23.7 Å². The van der Waals surface area contributed by atoms with Crippen LogP contribution in [0.15, 0.2) is 12.1 Å². The van der Waals surface area contributed by atoms with Gasteiger partial charge in [0.2, 0.25) is 12.6 Å². The Hall–Kier alpha value is -3.99. The second-order valence-corrected chi connectivity index (χ2v) is 13.1. The minimum absolute atomic E-state index is 0.0243. The lowest BCUT2D eigenvalue weighted by Gasteiger charge is -2.56. The number of aryl methyl sites for hydroxylation is 2. The van der Waals surface area contributed by atoms with Crippen molar-refractivity contribution in [2.24, 2.45) is 0 Å². The quantitative estimate of drug-likeness (QED) is 0.289. The molecule has 12 nitrogen and oxygen atoms in total. The third kappa shape index (κ3) is 5.63. The van der Waals surface area contributed by atoms with Crippen LogP contribution in [0.4, 0.5) is 0 Å². The van der Waals surface area contributed by atoms with Crippen molar-refractivity contribution in [2.45, 2.75) is 77.0 Å². The third-order valence-electron chi connectivity index (χ3n) is 9.17. The number of Topliss-reactive ketones (excluding diaryl/α,β-unsaturated/α-hetero) is 1. The normalized spacial score (nSPS) is 26.9. The number of rotatable bonds is 4. The van der Waals surface area contributed by atoms with Crippen LogP contribution in [0.3, 0.4) is 0 Å². The van der Waals surface area contributed by atoms with Crippen molar-refractivity contribution in [3.05, 3.63) is 39.9 Å². The third-order valence-corrected chi connectivity index (χ3v) is 10.5. The predicted molar refractivity (Wildman–Crippen MR) is 168 cm³/mol. The van der Waals surface area contributed by atoms with Crippen LogP contribution in [0.1, 0.15) is 59.9 Å². The van der Waals surface area contributed by atoms with Crippen LogP contribution in [0, 0.1) is 32.1 Å². The number of benzene rings is 2. The fourth-order valence-corrected chi connectivity index (χ4v) is 8.30. The van der Waals surface area contributed by atoms with E-state index in [1.165, 1.54) is 25.8 Å². The fraction of sp³-hybridized carbons (Fsp3) is 0.515. The van der Waals surface area contributed by atoms with E-state index in [1.54, 1.807) is 13.0 Å². The lowest BCUT2D eigenvalue weighted by atomic mass is 9.81. The van der Waals surface area contributed by atoms with Gasteiger partial charge in [-0.2, -0.15) is 5.26 Å². The first kappa shape index (κ1) is 33.4. The van der Waals surface area contributed by atoms with E-state index in [2.05, 4.69) is 11.0 Å². The molecule has 2 aromatic rings. The first-order chi connectivity index (χ1) is 21.8. The van der Waals surface area contributed by atoms with Crippen LogP contribution in [0.5, 0.6) is 28.7 Å². The Bertz CT molecular complexity index is 1620. The number of carbonyl (C=O) groups is 3. The van der Waals surface area contributed by atoms with Gasteiger partial charge in [0.15, 0.2) is 23.0 Å². The van der Waals surface area contributed by atoms with Crippen LogP contribution in [-0.2, 0) is 19.1 Å². The molecule has 0 aromatic heterocycles. The Kier molecular flexibility index (Phi) is 9.45. The van der Waals surface area contributed by atoms with Gasteiger partial charge in [0, 0.05) is 41.7 Å². The number of cyclic esters (lactones) is 1. The number of nitriles is 1. The molecule has 0 amide bonds. The Morgan fingerprint density at radius 1 is 1.11 bits per heavy atom. The summed E-state index contributed by atoms with van der Waals surface area (Å²) in [5.41, 5.74) is 3.20. The Labute approximate surface area is 272 Å². The van der Waals surface area contributed by atoms with Crippen LogP contribution >= 0.6 is 11.8 Å². The molecule has 1 unspecified atom stereocenters. The first-order valence-electron chi connectivity index (χ1n) is 15.0. The van der Waals surface area contributed by atoms with Gasteiger partial charge in [0.1, 0.15) is 18.4 Å². The summed E-state index contributed by atoms with van der Waals surface area (Å²) in [6.45, 7) is 10.4. The number of likely N-dealkylation sites (N-methyl/N-ethyl adjacent to an activating group) is 1. The van der Waals surface area contributed by atoms with Gasteiger partial charge in [-0.25, -0.2) is 4.79 Å². The zero-order valence-corrected chi connectivity index (χ0v) is 28.0. The largest absolute Gasteiger partial charge is 0.504 e. The fourth-order valence-electron chi connectivity index (χ4n) is 7.01. The lowest BCUT2D eigenvalue weighted by molar-refractivity contribution is -0.155. The van der Waals surface area contributed by atoms with Gasteiger partial charge < -0.3 is 28.8 Å². The number of aromatic hydroxyl groups is 1. The summed E-state index contributed by atoms with van der Waals surface area (Å²) in [5.74, 6) is -1.07. The molecule has 2 fully saturated rings. The predicted octanol–water partition coefficient (Wildman–Crippen LogP) is 3.91. The molecule has 0 aliphatic carbocycles. The highest BCUT2D eigenvalue weighted by Crippen LogP contribution is 2.55. The number of hydrogen-bond acceptors (Lipinski definition) is 13. The molecule has 13 heteroatoms. The summed E-state index contributed by atoms with van der Waals surface area (Å²) in [6, 6.07) is 3.34. The van der Waals surface area contributed by atoms with Crippen molar-refractivity contribution >= 4 is 29.5 Å². The van der Waals surface area contributed by atoms with Crippen molar-refractivity contribution in [3.63, 3.8) is 0 Å². The average molecular weight is 654 g/mol. The monoisotopic (exact) mass is 653 g/mol. The summed E-state index contributed by atoms with van der Waals surface area (Å²) in [5, 5.41) is 21.8. The molecule has 2 saturated heterocycles. The maximum absolute atomic E-state index is 13.1. The molecular weight excluding hydrogens is 614 g/mol. The number of thioether (sulfide) groups is 1. The molecule has 0 saturated carbocycles. The molecule has 3 aliphatic rings. The number of piperazine rings is 1. The molecule has 246 valence electrons. The van der Waals surface area contributed by atoms with Crippen LogP contribution in [0.2, 0.25) is 0 Å². The van der Waals surface area contributed by atoms with E-state index in [9.17, 15) is 24.8 Å². The molecule has 46 heavy (non-hydrogen) atoms. The van der Waals surface area contributed by atoms with Gasteiger partial charge in [0.05, 0.1) is 30.2 Å². The molecule has 0 radical (unpaired) electrons. The summed E-state index contributed by atoms with van der Waals surface area (Å²) >= 11 is 1.18. The maximum atomic E-state index is 13.1. The molecule has 6 atom stereocenters. The summed E-state index contributed by atoms with van der Waals surface area (Å²) in [4.78, 5) is 42.3. The minimum Gasteiger partial charge on any atom is -0.504 e. The van der Waals surface area contributed by atoms with Crippen molar-refractivity contribution in [1.29, 1.82) is 5.26 Å². The van der Waals surface area contributed by atoms with Gasteiger partial charge in [-0.05, 0) is 58.9 Å². The summed E-state index contributed by atoms with van der Waals surface area (Å²) in [7, 11) is 3.40. The smallest absolute Gasteiger partial charge is 0.375 e. The number of carbonyl (C=O) groups excluding carboxylic acids is 3. The highest BCUT2D eigenvalue weighted by molar-refractivity contribution is 8.00. The van der Waals surface area contributed by atoms with Crippen LogP contribution in [0.25, 0.3) is 0 Å². The van der Waals surface area contributed by atoms with Gasteiger partial charge in [-0.3, -0.25) is 19.4 Å². The van der Waals surface area contributed by atoms with E-state index >= 15 is 0 Å². The Balaban J connectivity index is 1.86. The highest BCUT2D eigenvalue weighted by atomic mass is 32.2. The zero-order valence-electron chi connectivity index (χ0n) is 27.2. The molecule has 5 rings (SSSR count). The molecule has 3 aliphatic heterocycles. The second-order valence-electron chi connectivity index (χ2n) is 12.0. The standard InChI is InChI=1S/C33H39N3O9S/c1-15-9-16(2)29(41-8)28(39)25(15)26-27-32(21-10-24-31(44-14-43-24)18(4)30(21)45-20(6)37)46-13-23(38)33(40)42-12-17(3)36(27)22(11-34)19(5)35(26)7/h9-10,17,19,22,26-27,32,39H,12-14H2,1-8H3/t17-,19+,22+,26-,27?,32+/m1/s1. The number of hydrogen-bond donors (Lipinski definition) is 1. The molecule has 1 N–H and O–H groups in total. The number of ketones is 1. The van der Waals surface area contributed by atoms with Crippen LogP contribution < -0.4 is 18.9 Å². The van der Waals surface area contributed by atoms with Crippen molar-refractivity contribution < 1.29 is 43.2 Å². The molecular formula is C33H39N3O9S. The number of ether oxygens (including phenoxy) is 5. The van der Waals surface area contributed by atoms with Gasteiger partial charge in [-0.15, -0.1) is 11.8 Å². The number of nitrogens with zero attached hydrogens (tertiary/aromatic N) is 3. The Morgan fingerprint density at radius 2 is 1.83 bits per heavy atom. The SMILES string of the molecule is COc1c(C)cc(C)c([C@@H]2C3[C@H](c4cc5c(c(C)c4OC(C)=O)OCO5)SCC(=O)C(=O)OC[C@@H](C)N3[C@@H](C#N)[C@H](C)N2C)c1O. The topological polar surface area (TPSA) is 148 Å². The molecule has 3 heterocycles. The lowest BCUT2D eigenvalue weighted by Crippen LogP contribution is -2.66. The van der Waals surface area contributed by atoms with Gasteiger partial charge in [0.25, 0.3) is 0 Å². The van der Waals surface area contributed by atoms with Crippen LogP contribution in [-0.4, -0.2) is 90.1 Å². The molecule has 0 bridgehead atoms. The van der Waals surface area contributed by atoms with Crippen molar-refractivity contribution in [2.75, 3.05) is 33.3 Å². The van der Waals surface area contributed by atoms with Crippen molar-refractivity contribution in [1.82, 2.24) is 9.80 Å². The zero-order chi connectivity index (χ0) is 33.6. The van der Waals surface area contributed by atoms with E-state index in [0.29, 0.717) is 33.9 Å². The van der Waals surface area contributed by atoms with Crippen molar-refractivity contribution in [3.8, 4) is 34.8 Å². The molecule has 2 aromatic carbocycles. The number of methoxy groups -OCH3 is 1. The number of fused-ring (bicyclic) bond motifs is 2. The summed E-state index contributed by atoms with van der Waals surface area (Å²) in [6.07, 6.45) is 0. The number of phenols is 1. The molecule has 0 spiro atoms. The summed E-state index contributed by atoms with van der Waals surface area (Å²) < 4.78 is 28.4. The van der Waals surface area contributed by atoms with E-state index in [0.717, 1.165) is 11.1 Å². The number of esters is 2. The minimum atomic E-state index is -0.956. The van der Waals surface area contributed by atoms with E-state index in [1.807, 2.05) is 45.7 Å². The van der Waals surface area contributed by atoms with Gasteiger partial charge in [-0.1, -0.05) is 6.07 Å². The average Bonchev–Trinajstić information content (AvgIpc) is 3.48. The second kappa shape index (κ2) is 13.0. The van der Waals surface area contributed by atoms with E-state index < -0.39 is 47.1 Å². The number of phenolic OH excluding ortho intramolecular Hbond substituents is 1. The van der Waals surface area contributed by atoms with Gasteiger partial charge >= 0.3 is 11.9 Å². The Morgan fingerprint density at radius 3 is 2.48 bits per heavy atom. The van der Waals surface area contributed by atoms with E-state index in [-0.39, 0.29) is 36.7 Å². The maximum Gasteiger partial charge on any atom is 0.375 e. The first-order valence-corrected chi connectivity index (χ1v) is 16.1. The highest BCUT2D eigenvalue weighted by Gasteiger charge is 2.53.